The Kier molecular flexibility index (Phi) is 3.17. The lowest BCUT2D eigenvalue weighted by atomic mass is 9.95. The molecule has 0 unspecified atom stereocenters. The van der Waals surface area contributed by atoms with Crippen molar-refractivity contribution in [2.75, 3.05) is 0 Å². The molecule has 0 aliphatic carbocycles. The van der Waals surface area contributed by atoms with E-state index in [0.717, 1.165) is 0 Å². The van der Waals surface area contributed by atoms with Gasteiger partial charge in [-0.3, -0.25) is 19.2 Å². The van der Waals surface area contributed by atoms with Crippen molar-refractivity contribution < 1.29 is 0 Å². The quantitative estimate of drug-likeness (QED) is 0.372. The summed E-state index contributed by atoms with van der Waals surface area (Å²) in [4.78, 5) is 52.0. The third-order valence-electron chi connectivity index (χ3n) is 5.92. The first-order valence-electron chi connectivity index (χ1n) is 9.53. The Labute approximate surface area is 167 Å². The van der Waals surface area contributed by atoms with Crippen LogP contribution in [0.4, 0.5) is 0 Å². The van der Waals surface area contributed by atoms with Crippen LogP contribution in [0.3, 0.4) is 0 Å². The first-order valence-corrected chi connectivity index (χ1v) is 9.53. The molecule has 140 valence electrons. The van der Waals surface area contributed by atoms with Gasteiger partial charge in [-0.1, -0.05) is 48.5 Å². The minimum atomic E-state index is -0.215. The number of benzene rings is 6. The molecule has 0 aliphatic rings. The lowest BCUT2D eigenvalue weighted by Crippen LogP contribution is -2.14. The summed E-state index contributed by atoms with van der Waals surface area (Å²) in [5.41, 5.74) is -0.861. The molecule has 6 rings (SSSR count). The van der Waals surface area contributed by atoms with Gasteiger partial charge in [0.1, 0.15) is 0 Å². The molecule has 6 aromatic carbocycles. The zero-order valence-corrected chi connectivity index (χ0v) is 15.6. The average Bonchev–Trinajstić information content (AvgIpc) is 2.79. The van der Waals surface area contributed by atoms with E-state index in [1.165, 1.54) is 0 Å². The SMILES string of the molecule is O=c1c2ccccc2c(=O)c2cc3cc4c(=O)c5ccccc5c(=O)c4cc3cc12. The normalized spacial score (nSPS) is 11.9. The van der Waals surface area contributed by atoms with Crippen LogP contribution in [0.25, 0.3) is 53.9 Å². The van der Waals surface area contributed by atoms with Crippen molar-refractivity contribution in [3.8, 4) is 0 Å². The molecule has 30 heavy (non-hydrogen) atoms. The molecule has 4 nitrogen and oxygen atoms in total. The second-order valence-electron chi connectivity index (χ2n) is 7.55. The summed E-state index contributed by atoms with van der Waals surface area (Å²) in [5.74, 6) is 0. The minimum absolute atomic E-state index is 0.215. The molecule has 4 heteroatoms. The summed E-state index contributed by atoms with van der Waals surface area (Å²) in [5, 5.41) is 4.10. The lowest BCUT2D eigenvalue weighted by Gasteiger charge is -2.06. The Morgan fingerprint density at radius 3 is 0.800 bits per heavy atom. The fourth-order valence-corrected chi connectivity index (χ4v) is 4.44. The van der Waals surface area contributed by atoms with Crippen LogP contribution in [-0.4, -0.2) is 0 Å². The van der Waals surface area contributed by atoms with E-state index in [1.54, 1.807) is 72.8 Å². The van der Waals surface area contributed by atoms with Gasteiger partial charge in [-0.25, -0.2) is 0 Å². The van der Waals surface area contributed by atoms with Gasteiger partial charge in [0, 0.05) is 43.1 Å². The molecule has 0 aliphatic heterocycles. The molecule has 0 N–H and O–H groups in total. The Balaban J connectivity index is 1.87. The Morgan fingerprint density at radius 1 is 0.333 bits per heavy atom. The van der Waals surface area contributed by atoms with Crippen molar-refractivity contribution in [2.45, 2.75) is 0 Å². The minimum Gasteiger partial charge on any atom is -0.289 e. The number of rotatable bonds is 0. The van der Waals surface area contributed by atoms with Crippen LogP contribution in [0.15, 0.2) is 92.0 Å². The summed E-state index contributed by atoms with van der Waals surface area (Å²) in [7, 11) is 0. The van der Waals surface area contributed by atoms with E-state index in [1.807, 2.05) is 0 Å². The molecular weight excluding hydrogens is 376 g/mol. The van der Waals surface area contributed by atoms with Gasteiger partial charge in [-0.2, -0.15) is 0 Å². The highest BCUT2D eigenvalue weighted by Crippen LogP contribution is 2.25. The van der Waals surface area contributed by atoms with Crippen molar-refractivity contribution in [3.63, 3.8) is 0 Å². The summed E-state index contributed by atoms with van der Waals surface area (Å²) in [6, 6.07) is 20.1. The Morgan fingerprint density at radius 2 is 0.567 bits per heavy atom. The molecule has 0 amide bonds. The van der Waals surface area contributed by atoms with Gasteiger partial charge in [-0.15, -0.1) is 0 Å². The number of hydrogen-bond acceptors (Lipinski definition) is 4. The highest BCUT2D eigenvalue weighted by molar-refractivity contribution is 6.09. The fraction of sp³-hybridized carbons (Fsp3) is 0. The van der Waals surface area contributed by atoms with Crippen molar-refractivity contribution in [3.05, 3.63) is 114 Å². The molecule has 0 saturated heterocycles. The van der Waals surface area contributed by atoms with Crippen LogP contribution in [0.2, 0.25) is 0 Å². The molecule has 0 saturated carbocycles. The van der Waals surface area contributed by atoms with Gasteiger partial charge in [0.25, 0.3) is 0 Å². The molecule has 0 aromatic heterocycles. The maximum absolute atomic E-state index is 13.0. The second kappa shape index (κ2) is 5.67. The van der Waals surface area contributed by atoms with E-state index in [-0.39, 0.29) is 21.7 Å². The highest BCUT2D eigenvalue weighted by atomic mass is 16.1. The lowest BCUT2D eigenvalue weighted by molar-refractivity contribution is 1.66. The zero-order chi connectivity index (χ0) is 20.6. The zero-order valence-electron chi connectivity index (χ0n) is 15.6. The number of hydrogen-bond donors (Lipinski definition) is 0. The maximum atomic E-state index is 13.0. The van der Waals surface area contributed by atoms with Crippen molar-refractivity contribution in [1.82, 2.24) is 0 Å². The van der Waals surface area contributed by atoms with Gasteiger partial charge in [0.05, 0.1) is 0 Å². The van der Waals surface area contributed by atoms with Crippen molar-refractivity contribution in [1.29, 1.82) is 0 Å². The summed E-state index contributed by atoms with van der Waals surface area (Å²) in [6.07, 6.45) is 0. The predicted octanol–water partition coefficient (Wildman–Crippen LogP) is 3.77. The number of fused-ring (bicyclic) bond motifs is 5. The smallest absolute Gasteiger partial charge is 0.194 e. The average molecular weight is 388 g/mol. The monoisotopic (exact) mass is 388 g/mol. The molecule has 0 spiro atoms. The summed E-state index contributed by atoms with van der Waals surface area (Å²) in [6.45, 7) is 0. The van der Waals surface area contributed by atoms with Crippen LogP contribution < -0.4 is 21.7 Å². The molecular formula is C26H12O4. The van der Waals surface area contributed by atoms with E-state index in [2.05, 4.69) is 0 Å². The van der Waals surface area contributed by atoms with Gasteiger partial charge >= 0.3 is 0 Å². The van der Waals surface area contributed by atoms with Crippen molar-refractivity contribution >= 4 is 53.9 Å². The van der Waals surface area contributed by atoms with Gasteiger partial charge in [-0.05, 0) is 35.0 Å². The maximum Gasteiger partial charge on any atom is 0.194 e. The molecule has 0 radical (unpaired) electrons. The topological polar surface area (TPSA) is 68.3 Å². The van der Waals surface area contributed by atoms with Crippen LogP contribution in [0.5, 0.6) is 0 Å². The van der Waals surface area contributed by atoms with E-state index in [0.29, 0.717) is 53.9 Å². The molecule has 0 atom stereocenters. The molecule has 0 heterocycles. The van der Waals surface area contributed by atoms with E-state index in [9.17, 15) is 19.2 Å². The van der Waals surface area contributed by atoms with Crippen LogP contribution >= 0.6 is 0 Å². The molecule has 0 fully saturated rings. The van der Waals surface area contributed by atoms with E-state index >= 15 is 0 Å². The Bertz CT molecular complexity index is 1650. The fourth-order valence-electron chi connectivity index (χ4n) is 4.44. The molecule has 6 aromatic rings. The third kappa shape index (κ3) is 2.05. The third-order valence-corrected chi connectivity index (χ3v) is 5.92. The van der Waals surface area contributed by atoms with Crippen LogP contribution in [0, 0.1) is 0 Å². The van der Waals surface area contributed by atoms with Crippen LogP contribution in [-0.2, 0) is 0 Å². The predicted molar refractivity (Wildman–Crippen MR) is 121 cm³/mol. The van der Waals surface area contributed by atoms with Gasteiger partial charge in [0.2, 0.25) is 0 Å². The van der Waals surface area contributed by atoms with Crippen molar-refractivity contribution in [2.24, 2.45) is 0 Å². The first-order chi connectivity index (χ1) is 14.5. The van der Waals surface area contributed by atoms with Crippen LogP contribution in [0.1, 0.15) is 0 Å². The standard InChI is InChI=1S/C26H12O4/c27-23-15-5-1-2-6-16(15)24(28)20-10-14-12-22-21(11-13(14)9-19(20)23)25(29)17-7-3-4-8-18(17)26(22)30/h1-12H. The van der Waals surface area contributed by atoms with E-state index < -0.39 is 0 Å². The first kappa shape index (κ1) is 16.7. The van der Waals surface area contributed by atoms with Gasteiger partial charge in [0.15, 0.2) is 21.7 Å². The highest BCUT2D eigenvalue weighted by Gasteiger charge is 2.14. The summed E-state index contributed by atoms with van der Waals surface area (Å²) >= 11 is 0. The Hall–Kier alpha value is -4.18. The summed E-state index contributed by atoms with van der Waals surface area (Å²) < 4.78 is 0. The largest absolute Gasteiger partial charge is 0.289 e. The second-order valence-corrected chi connectivity index (χ2v) is 7.55. The molecule has 0 bridgehead atoms. The van der Waals surface area contributed by atoms with Gasteiger partial charge < -0.3 is 0 Å². The van der Waals surface area contributed by atoms with E-state index in [4.69, 9.17) is 0 Å².